The van der Waals surface area contributed by atoms with Gasteiger partial charge in [-0.2, -0.15) is 0 Å². The van der Waals surface area contributed by atoms with Crippen molar-refractivity contribution < 1.29 is 9.84 Å². The van der Waals surface area contributed by atoms with Gasteiger partial charge in [-0.3, -0.25) is 0 Å². The molecular formula is C17H20BrNO2. The van der Waals surface area contributed by atoms with Crippen molar-refractivity contribution >= 4 is 26.7 Å². The molecule has 0 bridgehead atoms. The van der Waals surface area contributed by atoms with Gasteiger partial charge in [0.25, 0.3) is 0 Å². The first-order valence-corrected chi connectivity index (χ1v) is 8.10. The highest BCUT2D eigenvalue weighted by Gasteiger charge is 2.27. The Morgan fingerprint density at radius 3 is 2.81 bits per heavy atom. The smallest absolute Gasteiger partial charge is 0.134 e. The van der Waals surface area contributed by atoms with Gasteiger partial charge in [-0.05, 0) is 52.5 Å². The fraction of sp³-hybridized carbons (Fsp3) is 0.412. The number of hydrogen-bond acceptors (Lipinski definition) is 3. The number of halogens is 1. The van der Waals surface area contributed by atoms with E-state index in [1.807, 2.05) is 24.3 Å². The van der Waals surface area contributed by atoms with Crippen LogP contribution < -0.4 is 10.1 Å². The molecule has 1 saturated carbocycles. The van der Waals surface area contributed by atoms with Crippen LogP contribution in [0.25, 0.3) is 10.8 Å². The molecule has 2 N–H and O–H groups in total. The van der Waals surface area contributed by atoms with Gasteiger partial charge >= 0.3 is 0 Å². The molecule has 0 heterocycles. The summed E-state index contributed by atoms with van der Waals surface area (Å²) in [6, 6.07) is 12.7. The predicted octanol–water partition coefficient (Wildman–Crippen LogP) is 3.48. The first-order valence-electron chi connectivity index (χ1n) is 7.31. The summed E-state index contributed by atoms with van der Waals surface area (Å²) in [7, 11) is 0. The maximum atomic E-state index is 10.4. The molecule has 0 spiro atoms. The molecule has 0 amide bonds. The van der Waals surface area contributed by atoms with Crippen molar-refractivity contribution in [2.24, 2.45) is 0 Å². The van der Waals surface area contributed by atoms with Crippen LogP contribution in [0.2, 0.25) is 0 Å². The molecule has 3 rings (SSSR count). The van der Waals surface area contributed by atoms with Gasteiger partial charge in [0.1, 0.15) is 18.0 Å². The van der Waals surface area contributed by atoms with E-state index in [9.17, 15) is 5.11 Å². The summed E-state index contributed by atoms with van der Waals surface area (Å²) in [5, 5.41) is 16.0. The summed E-state index contributed by atoms with van der Waals surface area (Å²) in [4.78, 5) is 0. The molecule has 0 radical (unpaired) electrons. The standard InChI is InChI=1S/C17H20BrNO2/c1-17(20,10-19-13-7-8-13)11-21-15-9-6-12-4-2-3-5-14(12)16(15)18/h2-6,9,13,19-20H,7-8,10-11H2,1H3. The van der Waals surface area contributed by atoms with Gasteiger partial charge in [0.05, 0.1) is 4.47 Å². The van der Waals surface area contributed by atoms with E-state index < -0.39 is 5.60 Å². The molecule has 1 fully saturated rings. The first-order chi connectivity index (χ1) is 10.1. The quantitative estimate of drug-likeness (QED) is 0.838. The van der Waals surface area contributed by atoms with Crippen LogP contribution in [0.4, 0.5) is 0 Å². The van der Waals surface area contributed by atoms with Gasteiger partial charge in [0.2, 0.25) is 0 Å². The molecule has 1 unspecified atom stereocenters. The molecule has 2 aromatic rings. The monoisotopic (exact) mass is 349 g/mol. The molecule has 112 valence electrons. The molecule has 1 aliphatic rings. The van der Waals surface area contributed by atoms with Crippen molar-refractivity contribution in [3.05, 3.63) is 40.9 Å². The molecule has 1 aliphatic carbocycles. The van der Waals surface area contributed by atoms with Crippen molar-refractivity contribution in [2.45, 2.75) is 31.4 Å². The fourth-order valence-corrected chi connectivity index (χ4v) is 2.87. The SMILES string of the molecule is CC(O)(CNC1CC1)COc1ccc2ccccc2c1Br. The molecule has 0 aliphatic heterocycles. The lowest BCUT2D eigenvalue weighted by molar-refractivity contribution is 0.0118. The van der Waals surface area contributed by atoms with Crippen LogP contribution in [0.5, 0.6) is 5.75 Å². The third-order valence-corrected chi connectivity index (χ3v) is 4.53. The van der Waals surface area contributed by atoms with E-state index in [1.165, 1.54) is 18.2 Å². The Morgan fingerprint density at radius 2 is 2.05 bits per heavy atom. The first kappa shape index (κ1) is 14.8. The van der Waals surface area contributed by atoms with Crippen LogP contribution in [0.15, 0.2) is 40.9 Å². The summed E-state index contributed by atoms with van der Waals surface area (Å²) >= 11 is 3.60. The van der Waals surface area contributed by atoms with Crippen molar-refractivity contribution in [3.8, 4) is 5.75 Å². The third-order valence-electron chi connectivity index (χ3n) is 3.72. The molecule has 1 atom stereocenters. The maximum Gasteiger partial charge on any atom is 0.134 e. The zero-order chi connectivity index (χ0) is 14.9. The van der Waals surface area contributed by atoms with Crippen LogP contribution in [-0.4, -0.2) is 29.9 Å². The molecule has 2 aromatic carbocycles. The van der Waals surface area contributed by atoms with Gasteiger partial charge in [-0.15, -0.1) is 0 Å². The Balaban J connectivity index is 1.68. The predicted molar refractivity (Wildman–Crippen MR) is 88.8 cm³/mol. The van der Waals surface area contributed by atoms with Gasteiger partial charge in [0, 0.05) is 12.6 Å². The summed E-state index contributed by atoms with van der Waals surface area (Å²) < 4.78 is 6.76. The molecular weight excluding hydrogens is 330 g/mol. The number of aliphatic hydroxyl groups is 1. The average molecular weight is 350 g/mol. The van der Waals surface area contributed by atoms with Gasteiger partial charge in [-0.25, -0.2) is 0 Å². The highest BCUT2D eigenvalue weighted by molar-refractivity contribution is 9.10. The summed E-state index contributed by atoms with van der Waals surface area (Å²) in [5.41, 5.74) is -0.867. The van der Waals surface area contributed by atoms with Gasteiger partial charge < -0.3 is 15.2 Å². The van der Waals surface area contributed by atoms with E-state index in [2.05, 4.69) is 33.4 Å². The number of nitrogens with one attached hydrogen (secondary N) is 1. The van der Waals surface area contributed by atoms with E-state index in [0.29, 0.717) is 12.6 Å². The maximum absolute atomic E-state index is 10.4. The molecule has 0 saturated heterocycles. The lowest BCUT2D eigenvalue weighted by Gasteiger charge is -2.24. The molecule has 3 nitrogen and oxygen atoms in total. The van der Waals surface area contributed by atoms with Crippen molar-refractivity contribution in [3.63, 3.8) is 0 Å². The Hall–Kier alpha value is -1.10. The Kier molecular flexibility index (Phi) is 4.20. The minimum Gasteiger partial charge on any atom is -0.489 e. The summed E-state index contributed by atoms with van der Waals surface area (Å²) in [6.45, 7) is 2.63. The van der Waals surface area contributed by atoms with Gasteiger partial charge in [0.15, 0.2) is 0 Å². The third kappa shape index (κ3) is 3.76. The van der Waals surface area contributed by atoms with Crippen molar-refractivity contribution in [1.82, 2.24) is 5.32 Å². The number of fused-ring (bicyclic) bond motifs is 1. The fourth-order valence-electron chi connectivity index (χ4n) is 2.26. The minimum atomic E-state index is -0.867. The lowest BCUT2D eigenvalue weighted by Crippen LogP contribution is -2.43. The Morgan fingerprint density at radius 1 is 1.29 bits per heavy atom. The summed E-state index contributed by atoms with van der Waals surface area (Å²) in [6.07, 6.45) is 2.43. The summed E-state index contributed by atoms with van der Waals surface area (Å²) in [5.74, 6) is 0.764. The van der Waals surface area contributed by atoms with E-state index in [4.69, 9.17) is 4.74 Å². The van der Waals surface area contributed by atoms with Crippen LogP contribution >= 0.6 is 15.9 Å². The second-order valence-corrected chi connectivity index (χ2v) is 6.83. The normalized spacial score (nSPS) is 17.7. The number of rotatable bonds is 6. The number of ether oxygens (including phenoxy) is 1. The van der Waals surface area contributed by atoms with Crippen molar-refractivity contribution in [2.75, 3.05) is 13.2 Å². The highest BCUT2D eigenvalue weighted by Crippen LogP contribution is 2.33. The minimum absolute atomic E-state index is 0.268. The van der Waals surface area contributed by atoms with Crippen LogP contribution in [0.3, 0.4) is 0 Å². The van der Waals surface area contributed by atoms with Gasteiger partial charge in [-0.1, -0.05) is 30.3 Å². The highest BCUT2D eigenvalue weighted by atomic mass is 79.9. The molecule has 4 heteroatoms. The van der Waals surface area contributed by atoms with E-state index in [0.717, 1.165) is 15.6 Å². The van der Waals surface area contributed by atoms with Crippen LogP contribution in [-0.2, 0) is 0 Å². The second-order valence-electron chi connectivity index (χ2n) is 6.04. The topological polar surface area (TPSA) is 41.5 Å². The zero-order valence-corrected chi connectivity index (χ0v) is 13.7. The average Bonchev–Trinajstić information content (AvgIpc) is 3.29. The molecule has 0 aromatic heterocycles. The number of hydrogen-bond donors (Lipinski definition) is 2. The van der Waals surface area contributed by atoms with Crippen molar-refractivity contribution in [1.29, 1.82) is 0 Å². The van der Waals surface area contributed by atoms with E-state index in [1.54, 1.807) is 6.92 Å². The second kappa shape index (κ2) is 5.95. The Labute approximate surface area is 133 Å². The number of benzene rings is 2. The Bertz CT molecular complexity index is 638. The van der Waals surface area contributed by atoms with E-state index in [-0.39, 0.29) is 6.61 Å². The van der Waals surface area contributed by atoms with Crippen LogP contribution in [0.1, 0.15) is 19.8 Å². The van der Waals surface area contributed by atoms with E-state index >= 15 is 0 Å². The molecule has 21 heavy (non-hydrogen) atoms. The largest absolute Gasteiger partial charge is 0.489 e. The lowest BCUT2D eigenvalue weighted by atomic mass is 10.1. The van der Waals surface area contributed by atoms with Crippen LogP contribution in [0, 0.1) is 0 Å². The zero-order valence-electron chi connectivity index (χ0n) is 12.1.